The lowest BCUT2D eigenvalue weighted by atomic mass is 10.0. The fourth-order valence-electron chi connectivity index (χ4n) is 2.41. The van der Waals surface area contributed by atoms with Crippen LogP contribution in [0.5, 0.6) is 5.75 Å². The number of nitrogens with one attached hydrogen (secondary N) is 1. The molecule has 1 unspecified atom stereocenters. The molecule has 0 fully saturated rings. The largest absolute Gasteiger partial charge is 0.487 e. The van der Waals surface area contributed by atoms with Crippen LogP contribution >= 0.6 is 0 Å². The van der Waals surface area contributed by atoms with Crippen molar-refractivity contribution >= 4 is 10.8 Å². The average molecular weight is 281 g/mol. The summed E-state index contributed by atoms with van der Waals surface area (Å²) in [7, 11) is -0.679. The topological polar surface area (TPSA) is 38.3 Å². The summed E-state index contributed by atoms with van der Waals surface area (Å²) in [5.74, 6) is 1.80. The standard InChI is InChI=1S/C15H23NO2S/c1-15(2)10-13-9-12(5-6-14(13)18-15)11-16-7-4-8-19(3)17/h5-6,9,16H,4,7-8,10-11H2,1-3H3. The predicted octanol–water partition coefficient (Wildman–Crippen LogP) is 2.26. The van der Waals surface area contributed by atoms with Gasteiger partial charge in [0.25, 0.3) is 0 Å². The first kappa shape index (κ1) is 14.5. The van der Waals surface area contributed by atoms with E-state index < -0.39 is 10.8 Å². The van der Waals surface area contributed by atoms with Gasteiger partial charge in [0.15, 0.2) is 0 Å². The zero-order valence-electron chi connectivity index (χ0n) is 12.0. The van der Waals surface area contributed by atoms with Gasteiger partial charge in [-0.25, -0.2) is 0 Å². The molecule has 1 aliphatic rings. The molecule has 0 spiro atoms. The third-order valence-electron chi connectivity index (χ3n) is 3.24. The molecular formula is C15H23NO2S. The summed E-state index contributed by atoms with van der Waals surface area (Å²) >= 11 is 0. The molecule has 0 saturated carbocycles. The summed E-state index contributed by atoms with van der Waals surface area (Å²) in [6.45, 7) is 6.02. The van der Waals surface area contributed by atoms with E-state index >= 15 is 0 Å². The summed E-state index contributed by atoms with van der Waals surface area (Å²) in [6, 6.07) is 6.42. The van der Waals surface area contributed by atoms with Crippen LogP contribution in [0, 0.1) is 0 Å². The number of hydrogen-bond donors (Lipinski definition) is 1. The number of rotatable bonds is 6. The van der Waals surface area contributed by atoms with Crippen molar-refractivity contribution in [3.05, 3.63) is 29.3 Å². The lowest BCUT2D eigenvalue weighted by molar-refractivity contribution is 0.138. The first-order valence-corrected chi connectivity index (χ1v) is 8.50. The maximum atomic E-state index is 10.9. The molecular weight excluding hydrogens is 258 g/mol. The van der Waals surface area contributed by atoms with E-state index in [0.717, 1.165) is 37.4 Å². The SMILES string of the molecule is CS(=O)CCCNCc1ccc2c(c1)CC(C)(C)O2. The van der Waals surface area contributed by atoms with Crippen LogP contribution in [0.4, 0.5) is 0 Å². The molecule has 0 saturated heterocycles. The van der Waals surface area contributed by atoms with Crippen LogP contribution in [0.3, 0.4) is 0 Å². The fraction of sp³-hybridized carbons (Fsp3) is 0.600. The lowest BCUT2D eigenvalue weighted by Crippen LogP contribution is -2.24. The van der Waals surface area contributed by atoms with Gasteiger partial charge in [-0.1, -0.05) is 12.1 Å². The first-order chi connectivity index (χ1) is 8.96. The zero-order chi connectivity index (χ0) is 13.9. The molecule has 0 aromatic heterocycles. The second-order valence-corrected chi connectivity index (χ2v) is 7.34. The Balaban J connectivity index is 1.82. The number of benzene rings is 1. The predicted molar refractivity (Wildman–Crippen MR) is 80.1 cm³/mol. The highest BCUT2D eigenvalue weighted by molar-refractivity contribution is 7.84. The van der Waals surface area contributed by atoms with Crippen LogP contribution in [0.2, 0.25) is 0 Å². The van der Waals surface area contributed by atoms with Crippen molar-refractivity contribution in [1.82, 2.24) is 5.32 Å². The third-order valence-corrected chi connectivity index (χ3v) is 4.11. The summed E-state index contributed by atoms with van der Waals surface area (Å²) in [5.41, 5.74) is 2.52. The van der Waals surface area contributed by atoms with E-state index in [4.69, 9.17) is 4.74 Å². The highest BCUT2D eigenvalue weighted by Crippen LogP contribution is 2.35. The monoisotopic (exact) mass is 281 g/mol. The van der Waals surface area contributed by atoms with Gasteiger partial charge in [-0.15, -0.1) is 0 Å². The molecule has 1 heterocycles. The van der Waals surface area contributed by atoms with Gasteiger partial charge >= 0.3 is 0 Å². The van der Waals surface area contributed by atoms with E-state index in [2.05, 4.69) is 37.4 Å². The van der Waals surface area contributed by atoms with E-state index in [1.165, 1.54) is 11.1 Å². The second-order valence-electron chi connectivity index (χ2n) is 5.79. The molecule has 2 rings (SSSR count). The summed E-state index contributed by atoms with van der Waals surface area (Å²) in [4.78, 5) is 0. The quantitative estimate of drug-likeness (QED) is 0.813. The molecule has 0 aliphatic carbocycles. The van der Waals surface area contributed by atoms with Crippen molar-refractivity contribution in [2.24, 2.45) is 0 Å². The Labute approximate surface area is 118 Å². The number of ether oxygens (including phenoxy) is 1. The van der Waals surface area contributed by atoms with E-state index in [9.17, 15) is 4.21 Å². The zero-order valence-corrected chi connectivity index (χ0v) is 12.8. The second kappa shape index (κ2) is 6.06. The minimum absolute atomic E-state index is 0.0699. The van der Waals surface area contributed by atoms with Crippen LogP contribution < -0.4 is 10.1 Å². The fourth-order valence-corrected chi connectivity index (χ4v) is 2.96. The van der Waals surface area contributed by atoms with Crippen molar-refractivity contribution in [2.75, 3.05) is 18.6 Å². The highest BCUT2D eigenvalue weighted by atomic mass is 32.2. The molecule has 106 valence electrons. The Hall–Kier alpha value is -0.870. The molecule has 4 heteroatoms. The molecule has 1 atom stereocenters. The van der Waals surface area contributed by atoms with Crippen LogP contribution in [0.1, 0.15) is 31.4 Å². The number of hydrogen-bond acceptors (Lipinski definition) is 3. The molecule has 1 N–H and O–H groups in total. The van der Waals surface area contributed by atoms with Crippen molar-refractivity contribution in [1.29, 1.82) is 0 Å². The Morgan fingerprint density at radius 1 is 1.42 bits per heavy atom. The van der Waals surface area contributed by atoms with Crippen LogP contribution in [-0.4, -0.2) is 28.4 Å². The minimum Gasteiger partial charge on any atom is -0.487 e. The van der Waals surface area contributed by atoms with Crippen LogP contribution in [0.25, 0.3) is 0 Å². The Morgan fingerprint density at radius 3 is 2.95 bits per heavy atom. The summed E-state index contributed by atoms with van der Waals surface area (Å²) in [5, 5.41) is 3.39. The van der Waals surface area contributed by atoms with Gasteiger partial charge in [0.1, 0.15) is 11.4 Å². The lowest BCUT2D eigenvalue weighted by Gasteiger charge is -2.16. The van der Waals surface area contributed by atoms with E-state index in [0.29, 0.717) is 0 Å². The van der Waals surface area contributed by atoms with Gasteiger partial charge in [-0.3, -0.25) is 4.21 Å². The smallest absolute Gasteiger partial charge is 0.123 e. The minimum atomic E-state index is -0.679. The van der Waals surface area contributed by atoms with E-state index in [-0.39, 0.29) is 5.60 Å². The van der Waals surface area contributed by atoms with Gasteiger partial charge in [0, 0.05) is 35.8 Å². The van der Waals surface area contributed by atoms with Gasteiger partial charge in [0.05, 0.1) is 0 Å². The first-order valence-electron chi connectivity index (χ1n) is 6.78. The molecule has 0 bridgehead atoms. The normalized spacial score (nSPS) is 17.8. The number of fused-ring (bicyclic) bond motifs is 1. The van der Waals surface area contributed by atoms with Gasteiger partial charge < -0.3 is 10.1 Å². The molecule has 19 heavy (non-hydrogen) atoms. The molecule has 1 aromatic rings. The summed E-state index contributed by atoms with van der Waals surface area (Å²) < 4.78 is 16.8. The van der Waals surface area contributed by atoms with Gasteiger partial charge in [-0.05, 0) is 44.0 Å². The third kappa shape index (κ3) is 4.32. The Kier molecular flexibility index (Phi) is 4.63. The molecule has 3 nitrogen and oxygen atoms in total. The summed E-state index contributed by atoms with van der Waals surface area (Å²) in [6.07, 6.45) is 3.69. The van der Waals surface area contributed by atoms with Crippen molar-refractivity contribution < 1.29 is 8.95 Å². The highest BCUT2D eigenvalue weighted by Gasteiger charge is 2.29. The molecule has 1 aromatic carbocycles. The van der Waals surface area contributed by atoms with Crippen molar-refractivity contribution in [3.8, 4) is 5.75 Å². The van der Waals surface area contributed by atoms with E-state index in [1.807, 2.05) is 0 Å². The molecule has 1 aliphatic heterocycles. The Morgan fingerprint density at radius 2 is 2.21 bits per heavy atom. The van der Waals surface area contributed by atoms with Crippen LogP contribution in [0.15, 0.2) is 18.2 Å². The van der Waals surface area contributed by atoms with Gasteiger partial charge in [-0.2, -0.15) is 0 Å². The van der Waals surface area contributed by atoms with E-state index in [1.54, 1.807) is 6.26 Å². The Bertz CT molecular complexity index is 471. The van der Waals surface area contributed by atoms with Crippen molar-refractivity contribution in [2.45, 2.75) is 38.8 Å². The van der Waals surface area contributed by atoms with Crippen molar-refractivity contribution in [3.63, 3.8) is 0 Å². The molecule has 0 amide bonds. The molecule has 0 radical (unpaired) electrons. The maximum Gasteiger partial charge on any atom is 0.123 e. The average Bonchev–Trinajstić information content (AvgIpc) is 2.61. The maximum absolute atomic E-state index is 10.9. The van der Waals surface area contributed by atoms with Gasteiger partial charge in [0.2, 0.25) is 0 Å². The van der Waals surface area contributed by atoms with Crippen LogP contribution in [-0.2, 0) is 23.8 Å².